The van der Waals surface area contributed by atoms with Gasteiger partial charge < -0.3 is 15.4 Å². The number of carbonyl (C=O) groups is 1. The van der Waals surface area contributed by atoms with E-state index in [4.69, 9.17) is 10.5 Å². The molecule has 0 spiro atoms. The number of rotatable bonds is 4. The second-order valence-electron chi connectivity index (χ2n) is 4.68. The lowest BCUT2D eigenvalue weighted by Gasteiger charge is -2.32. The number of nitrogens with zero attached hydrogens (tertiary/aromatic N) is 1. The maximum absolute atomic E-state index is 12.1. The number of nitrogens with two attached hydrogens (primary N) is 1. The molecule has 18 heavy (non-hydrogen) atoms. The summed E-state index contributed by atoms with van der Waals surface area (Å²) in [7, 11) is 0. The second-order valence-corrected chi connectivity index (χ2v) is 4.68. The molecule has 1 aliphatic rings. The van der Waals surface area contributed by atoms with Gasteiger partial charge >= 0.3 is 0 Å². The fourth-order valence-electron chi connectivity index (χ4n) is 2.12. The predicted octanol–water partition coefficient (Wildman–Crippen LogP) is 1.07. The number of benzene rings is 1. The van der Waals surface area contributed by atoms with Crippen LogP contribution in [-0.2, 0) is 16.1 Å². The molecule has 1 atom stereocenters. The van der Waals surface area contributed by atoms with Gasteiger partial charge in [0.2, 0.25) is 0 Å². The van der Waals surface area contributed by atoms with Crippen LogP contribution in [0.1, 0.15) is 17.5 Å². The number of hydrogen-bond acceptors (Lipinski definition) is 3. The highest BCUT2D eigenvalue weighted by Crippen LogP contribution is 2.14. The van der Waals surface area contributed by atoms with E-state index in [1.54, 1.807) is 0 Å². The van der Waals surface area contributed by atoms with Crippen LogP contribution in [0, 0.1) is 6.92 Å². The topological polar surface area (TPSA) is 55.6 Å². The third-order valence-corrected chi connectivity index (χ3v) is 3.19. The van der Waals surface area contributed by atoms with Crippen LogP contribution >= 0.6 is 0 Å². The van der Waals surface area contributed by atoms with E-state index >= 15 is 0 Å². The van der Waals surface area contributed by atoms with Crippen molar-refractivity contribution in [2.24, 2.45) is 5.73 Å². The van der Waals surface area contributed by atoms with Gasteiger partial charge in [-0.3, -0.25) is 4.79 Å². The molecule has 0 radical (unpaired) electrons. The summed E-state index contributed by atoms with van der Waals surface area (Å²) in [5.41, 5.74) is 7.87. The Bertz CT molecular complexity index is 401. The molecule has 0 aliphatic carbocycles. The molecule has 0 bridgehead atoms. The normalized spacial score (nSPS) is 20.2. The minimum Gasteiger partial charge on any atom is -0.366 e. The molecule has 4 heteroatoms. The van der Waals surface area contributed by atoms with Crippen molar-refractivity contribution in [3.05, 3.63) is 35.4 Å². The van der Waals surface area contributed by atoms with Crippen LogP contribution in [0.2, 0.25) is 0 Å². The molecule has 2 rings (SSSR count). The summed E-state index contributed by atoms with van der Waals surface area (Å²) in [4.78, 5) is 14.0. The van der Waals surface area contributed by atoms with Crippen molar-refractivity contribution < 1.29 is 9.53 Å². The molecular formula is C14H20N2O2. The highest BCUT2D eigenvalue weighted by atomic mass is 16.5. The van der Waals surface area contributed by atoms with E-state index in [0.29, 0.717) is 32.7 Å². The number of hydrogen-bond donors (Lipinski definition) is 1. The summed E-state index contributed by atoms with van der Waals surface area (Å²) in [6.45, 7) is 4.45. The van der Waals surface area contributed by atoms with E-state index in [0.717, 1.165) is 5.56 Å². The van der Waals surface area contributed by atoms with Gasteiger partial charge in [0.15, 0.2) is 0 Å². The van der Waals surface area contributed by atoms with Crippen LogP contribution in [0.4, 0.5) is 0 Å². The van der Waals surface area contributed by atoms with Crippen molar-refractivity contribution in [3.63, 3.8) is 0 Å². The number of ether oxygens (including phenoxy) is 1. The highest BCUT2D eigenvalue weighted by molar-refractivity contribution is 5.81. The Balaban J connectivity index is 2.00. The lowest BCUT2D eigenvalue weighted by Crippen LogP contribution is -2.47. The molecule has 1 aromatic carbocycles. The summed E-state index contributed by atoms with van der Waals surface area (Å²) >= 11 is 0. The van der Waals surface area contributed by atoms with Gasteiger partial charge in [0.25, 0.3) is 5.91 Å². The molecule has 4 nitrogen and oxygen atoms in total. The van der Waals surface area contributed by atoms with E-state index < -0.39 is 0 Å². The molecule has 1 amide bonds. The third kappa shape index (κ3) is 3.09. The van der Waals surface area contributed by atoms with Crippen LogP contribution in [0.5, 0.6) is 0 Å². The Kier molecular flexibility index (Phi) is 4.33. The van der Waals surface area contributed by atoms with Crippen molar-refractivity contribution in [3.8, 4) is 0 Å². The second kappa shape index (κ2) is 5.98. The van der Waals surface area contributed by atoms with Gasteiger partial charge in [0, 0.05) is 13.1 Å². The van der Waals surface area contributed by atoms with Gasteiger partial charge in [-0.2, -0.15) is 0 Å². The summed E-state index contributed by atoms with van der Waals surface area (Å²) < 4.78 is 5.45. The van der Waals surface area contributed by atoms with Gasteiger partial charge in [0.1, 0.15) is 6.10 Å². The standard InChI is InChI=1S/C14H20N2O2/c1-11-2-4-12(5-3-11)10-16-8-9-18-13(6-7-15)14(16)17/h2-5,13H,6-10,15H2,1H3. The molecule has 1 aliphatic heterocycles. The average molecular weight is 248 g/mol. The van der Waals surface area contributed by atoms with E-state index in [2.05, 4.69) is 31.2 Å². The molecule has 1 unspecified atom stereocenters. The van der Waals surface area contributed by atoms with Gasteiger partial charge in [0.05, 0.1) is 6.61 Å². The minimum atomic E-state index is -0.353. The van der Waals surface area contributed by atoms with Crippen LogP contribution < -0.4 is 5.73 Å². The van der Waals surface area contributed by atoms with E-state index in [9.17, 15) is 4.79 Å². The first kappa shape index (κ1) is 13.1. The Morgan fingerprint density at radius 3 is 2.78 bits per heavy atom. The quantitative estimate of drug-likeness (QED) is 0.867. The number of amides is 1. The SMILES string of the molecule is Cc1ccc(CN2CCOC(CCN)C2=O)cc1. The Labute approximate surface area is 108 Å². The van der Waals surface area contributed by atoms with Crippen molar-refractivity contribution in [2.75, 3.05) is 19.7 Å². The lowest BCUT2D eigenvalue weighted by atomic mass is 10.1. The van der Waals surface area contributed by atoms with Gasteiger partial charge in [-0.1, -0.05) is 29.8 Å². The zero-order valence-electron chi connectivity index (χ0n) is 10.8. The average Bonchev–Trinajstić information content (AvgIpc) is 2.37. The van der Waals surface area contributed by atoms with Crippen molar-refractivity contribution in [2.45, 2.75) is 26.0 Å². The molecule has 0 aromatic heterocycles. The zero-order chi connectivity index (χ0) is 13.0. The molecule has 1 heterocycles. The fourth-order valence-corrected chi connectivity index (χ4v) is 2.12. The van der Waals surface area contributed by atoms with Crippen molar-refractivity contribution in [1.29, 1.82) is 0 Å². The van der Waals surface area contributed by atoms with Crippen molar-refractivity contribution in [1.82, 2.24) is 4.90 Å². The summed E-state index contributed by atoms with van der Waals surface area (Å²) in [5, 5.41) is 0. The Morgan fingerprint density at radius 1 is 1.39 bits per heavy atom. The first-order chi connectivity index (χ1) is 8.70. The summed E-state index contributed by atoms with van der Waals surface area (Å²) in [5.74, 6) is 0.0623. The molecule has 2 N–H and O–H groups in total. The van der Waals surface area contributed by atoms with E-state index in [-0.39, 0.29) is 12.0 Å². The largest absolute Gasteiger partial charge is 0.366 e. The summed E-state index contributed by atoms with van der Waals surface area (Å²) in [6.07, 6.45) is 0.248. The van der Waals surface area contributed by atoms with Crippen LogP contribution in [0.3, 0.4) is 0 Å². The van der Waals surface area contributed by atoms with E-state index in [1.807, 2.05) is 4.90 Å². The molecule has 98 valence electrons. The molecule has 1 aromatic rings. The first-order valence-electron chi connectivity index (χ1n) is 6.36. The zero-order valence-corrected chi connectivity index (χ0v) is 10.8. The fraction of sp³-hybridized carbons (Fsp3) is 0.500. The maximum Gasteiger partial charge on any atom is 0.252 e. The molecular weight excluding hydrogens is 228 g/mol. The lowest BCUT2D eigenvalue weighted by molar-refractivity contribution is -0.153. The molecule has 1 fully saturated rings. The highest BCUT2D eigenvalue weighted by Gasteiger charge is 2.28. The number of aryl methyl sites for hydroxylation is 1. The van der Waals surface area contributed by atoms with Crippen LogP contribution in [0.15, 0.2) is 24.3 Å². The Hall–Kier alpha value is -1.39. The van der Waals surface area contributed by atoms with E-state index in [1.165, 1.54) is 5.56 Å². The minimum absolute atomic E-state index is 0.0623. The third-order valence-electron chi connectivity index (χ3n) is 3.19. The Morgan fingerprint density at radius 2 is 2.11 bits per heavy atom. The molecule has 1 saturated heterocycles. The van der Waals surface area contributed by atoms with Gasteiger partial charge in [-0.25, -0.2) is 0 Å². The predicted molar refractivity (Wildman–Crippen MR) is 70.0 cm³/mol. The maximum atomic E-state index is 12.1. The number of morpholine rings is 1. The van der Waals surface area contributed by atoms with Gasteiger partial charge in [-0.05, 0) is 25.5 Å². The monoisotopic (exact) mass is 248 g/mol. The summed E-state index contributed by atoms with van der Waals surface area (Å²) in [6, 6.07) is 8.27. The smallest absolute Gasteiger partial charge is 0.252 e. The van der Waals surface area contributed by atoms with Crippen molar-refractivity contribution >= 4 is 5.91 Å². The number of carbonyl (C=O) groups excluding carboxylic acids is 1. The van der Waals surface area contributed by atoms with Gasteiger partial charge in [-0.15, -0.1) is 0 Å². The molecule has 0 saturated carbocycles. The van der Waals surface area contributed by atoms with Crippen LogP contribution in [0.25, 0.3) is 0 Å². The van der Waals surface area contributed by atoms with Crippen LogP contribution in [-0.4, -0.2) is 36.6 Å². The first-order valence-corrected chi connectivity index (χ1v) is 6.36.